The van der Waals surface area contributed by atoms with Crippen LogP contribution in [0.4, 0.5) is 0 Å². The van der Waals surface area contributed by atoms with Crippen molar-refractivity contribution in [1.29, 1.82) is 0 Å². The van der Waals surface area contributed by atoms with E-state index in [0.29, 0.717) is 6.04 Å². The van der Waals surface area contributed by atoms with Crippen molar-refractivity contribution >= 4 is 22.7 Å². The van der Waals surface area contributed by atoms with Gasteiger partial charge in [0.2, 0.25) is 0 Å². The van der Waals surface area contributed by atoms with Gasteiger partial charge in [0, 0.05) is 11.1 Å². The molecule has 4 heteroatoms. The van der Waals surface area contributed by atoms with E-state index in [0.717, 1.165) is 18.0 Å². The third-order valence-corrected chi connectivity index (χ3v) is 4.08. The average molecular weight is 252 g/mol. The molecule has 2 heterocycles. The van der Waals surface area contributed by atoms with Gasteiger partial charge in [-0.3, -0.25) is 0 Å². The Morgan fingerprint density at radius 1 is 1.50 bits per heavy atom. The van der Waals surface area contributed by atoms with Gasteiger partial charge in [-0.1, -0.05) is 6.92 Å². The van der Waals surface area contributed by atoms with Crippen LogP contribution in [0.15, 0.2) is 23.0 Å². The molecule has 2 rings (SSSR count). The molecule has 2 nitrogen and oxygen atoms in total. The molecule has 0 amide bonds. The van der Waals surface area contributed by atoms with Gasteiger partial charge in [0.15, 0.2) is 0 Å². The number of rotatable bonds is 5. The van der Waals surface area contributed by atoms with Gasteiger partial charge >= 0.3 is 0 Å². The van der Waals surface area contributed by atoms with Crippen LogP contribution in [0.25, 0.3) is 0 Å². The van der Waals surface area contributed by atoms with E-state index in [1.54, 1.807) is 22.7 Å². The molecular weight excluding hydrogens is 236 g/mol. The average Bonchev–Trinajstić information content (AvgIpc) is 2.91. The van der Waals surface area contributed by atoms with Crippen molar-refractivity contribution in [2.75, 3.05) is 6.54 Å². The maximum atomic E-state index is 4.34. The van der Waals surface area contributed by atoms with E-state index in [4.69, 9.17) is 0 Å². The number of thiazole rings is 1. The summed E-state index contributed by atoms with van der Waals surface area (Å²) in [5.74, 6) is 0. The van der Waals surface area contributed by atoms with E-state index in [1.807, 2.05) is 6.20 Å². The summed E-state index contributed by atoms with van der Waals surface area (Å²) in [5, 5.41) is 9.05. The lowest BCUT2D eigenvalue weighted by Gasteiger charge is -2.15. The maximum Gasteiger partial charge on any atom is 0.0897 e. The molecule has 1 unspecified atom stereocenters. The zero-order chi connectivity index (χ0) is 11.4. The summed E-state index contributed by atoms with van der Waals surface area (Å²) in [7, 11) is 0. The van der Waals surface area contributed by atoms with E-state index in [-0.39, 0.29) is 0 Å². The number of aryl methyl sites for hydroxylation is 1. The second-order valence-corrected chi connectivity index (χ2v) is 5.77. The second-order valence-electron chi connectivity index (χ2n) is 3.73. The number of thiophene rings is 1. The molecule has 1 N–H and O–H groups in total. The summed E-state index contributed by atoms with van der Waals surface area (Å²) in [4.78, 5) is 5.65. The first-order valence-electron chi connectivity index (χ1n) is 5.49. The second kappa shape index (κ2) is 5.57. The monoisotopic (exact) mass is 252 g/mol. The van der Waals surface area contributed by atoms with Crippen LogP contribution in [-0.2, 0) is 0 Å². The van der Waals surface area contributed by atoms with Gasteiger partial charge in [-0.15, -0.1) is 11.3 Å². The standard InChI is InChI=1S/C12H16N2S2/c1-3-5-13-12(10-4-6-15-8-10)11-7-14-9(2)16-11/h4,6-8,12-13H,3,5H2,1-2H3. The molecule has 0 saturated heterocycles. The zero-order valence-electron chi connectivity index (χ0n) is 9.56. The first-order valence-corrected chi connectivity index (χ1v) is 7.25. The van der Waals surface area contributed by atoms with Crippen LogP contribution in [0.1, 0.15) is 34.8 Å². The summed E-state index contributed by atoms with van der Waals surface area (Å²) >= 11 is 3.52. The Balaban J connectivity index is 2.21. The van der Waals surface area contributed by atoms with E-state index >= 15 is 0 Å². The van der Waals surface area contributed by atoms with Crippen LogP contribution in [0.3, 0.4) is 0 Å². The van der Waals surface area contributed by atoms with Crippen molar-refractivity contribution < 1.29 is 0 Å². The fourth-order valence-electron chi connectivity index (χ4n) is 1.62. The number of nitrogens with zero attached hydrogens (tertiary/aromatic N) is 1. The molecule has 1 atom stereocenters. The summed E-state index contributed by atoms with van der Waals surface area (Å²) in [6.45, 7) is 5.28. The van der Waals surface area contributed by atoms with Gasteiger partial charge in [-0.05, 0) is 42.3 Å². The predicted molar refractivity (Wildman–Crippen MR) is 71.3 cm³/mol. The minimum Gasteiger partial charge on any atom is -0.306 e. The van der Waals surface area contributed by atoms with Crippen molar-refractivity contribution in [3.63, 3.8) is 0 Å². The van der Waals surface area contributed by atoms with Crippen LogP contribution in [0.5, 0.6) is 0 Å². The van der Waals surface area contributed by atoms with Gasteiger partial charge in [-0.2, -0.15) is 11.3 Å². The molecule has 16 heavy (non-hydrogen) atoms. The first kappa shape index (κ1) is 11.8. The molecule has 2 aromatic heterocycles. The molecule has 0 aliphatic heterocycles. The van der Waals surface area contributed by atoms with Crippen molar-refractivity contribution in [2.24, 2.45) is 0 Å². The lowest BCUT2D eigenvalue weighted by atomic mass is 10.1. The van der Waals surface area contributed by atoms with Crippen molar-refractivity contribution in [3.05, 3.63) is 38.5 Å². The quantitative estimate of drug-likeness (QED) is 0.879. The van der Waals surface area contributed by atoms with Crippen molar-refractivity contribution in [1.82, 2.24) is 10.3 Å². The molecule has 2 aromatic rings. The van der Waals surface area contributed by atoms with Gasteiger partial charge < -0.3 is 5.32 Å². The van der Waals surface area contributed by atoms with E-state index < -0.39 is 0 Å². The highest BCUT2D eigenvalue weighted by molar-refractivity contribution is 7.11. The van der Waals surface area contributed by atoms with Crippen LogP contribution in [0, 0.1) is 6.92 Å². The van der Waals surface area contributed by atoms with Gasteiger partial charge in [-0.25, -0.2) is 4.98 Å². The summed E-state index contributed by atoms with van der Waals surface area (Å²) in [5.41, 5.74) is 1.35. The number of nitrogens with one attached hydrogen (secondary N) is 1. The van der Waals surface area contributed by atoms with Crippen molar-refractivity contribution in [2.45, 2.75) is 26.3 Å². The summed E-state index contributed by atoms with van der Waals surface area (Å²) in [6.07, 6.45) is 3.14. The van der Waals surface area contributed by atoms with Crippen LogP contribution >= 0.6 is 22.7 Å². The lowest BCUT2D eigenvalue weighted by molar-refractivity contribution is 0.606. The molecule has 0 aromatic carbocycles. The fourth-order valence-corrected chi connectivity index (χ4v) is 3.20. The first-order chi connectivity index (χ1) is 7.81. The Bertz CT molecular complexity index is 420. The topological polar surface area (TPSA) is 24.9 Å². The summed E-state index contributed by atoms with van der Waals surface area (Å²) < 4.78 is 0. The fraction of sp³-hybridized carbons (Fsp3) is 0.417. The lowest BCUT2D eigenvalue weighted by Crippen LogP contribution is -2.21. The normalized spacial score (nSPS) is 12.9. The van der Waals surface area contributed by atoms with Gasteiger partial charge in [0.1, 0.15) is 0 Å². The molecule has 0 fully saturated rings. The van der Waals surface area contributed by atoms with Crippen LogP contribution < -0.4 is 5.32 Å². The van der Waals surface area contributed by atoms with Crippen molar-refractivity contribution in [3.8, 4) is 0 Å². The third-order valence-electron chi connectivity index (χ3n) is 2.40. The number of hydrogen-bond acceptors (Lipinski definition) is 4. The predicted octanol–water partition coefficient (Wildman–Crippen LogP) is 3.60. The molecular formula is C12H16N2S2. The highest BCUT2D eigenvalue weighted by Crippen LogP contribution is 2.28. The number of hydrogen-bond donors (Lipinski definition) is 1. The maximum absolute atomic E-state index is 4.34. The minimum atomic E-state index is 0.317. The minimum absolute atomic E-state index is 0.317. The third kappa shape index (κ3) is 2.70. The smallest absolute Gasteiger partial charge is 0.0897 e. The Hall–Kier alpha value is -0.710. The largest absolute Gasteiger partial charge is 0.306 e. The van der Waals surface area contributed by atoms with Gasteiger partial charge in [0.05, 0.1) is 11.0 Å². The molecule has 0 radical (unpaired) electrons. The SMILES string of the molecule is CCCNC(c1ccsc1)c1cnc(C)s1. The summed E-state index contributed by atoms with van der Waals surface area (Å²) in [6, 6.07) is 2.50. The van der Waals surface area contributed by atoms with E-state index in [2.05, 4.69) is 41.0 Å². The highest BCUT2D eigenvalue weighted by atomic mass is 32.1. The Morgan fingerprint density at radius 2 is 2.38 bits per heavy atom. The Kier molecular flexibility index (Phi) is 4.09. The molecule has 86 valence electrons. The molecule has 0 saturated carbocycles. The van der Waals surface area contributed by atoms with E-state index in [9.17, 15) is 0 Å². The van der Waals surface area contributed by atoms with Crippen LogP contribution in [0.2, 0.25) is 0 Å². The molecule has 0 aliphatic carbocycles. The Labute approximate surface area is 104 Å². The number of aromatic nitrogens is 1. The van der Waals surface area contributed by atoms with Crippen LogP contribution in [-0.4, -0.2) is 11.5 Å². The van der Waals surface area contributed by atoms with Gasteiger partial charge in [0.25, 0.3) is 0 Å². The van der Waals surface area contributed by atoms with E-state index in [1.165, 1.54) is 10.4 Å². The zero-order valence-corrected chi connectivity index (χ0v) is 11.2. The highest BCUT2D eigenvalue weighted by Gasteiger charge is 2.15. The molecule has 0 bridgehead atoms. The Morgan fingerprint density at radius 3 is 2.94 bits per heavy atom. The molecule has 0 spiro atoms. The molecule has 0 aliphatic rings.